The van der Waals surface area contributed by atoms with Crippen LogP contribution in [0.5, 0.6) is 0 Å². The van der Waals surface area contributed by atoms with Crippen LogP contribution in [0.1, 0.15) is 46.1 Å². The highest BCUT2D eigenvalue weighted by molar-refractivity contribution is 5.30. The van der Waals surface area contributed by atoms with E-state index in [0.717, 1.165) is 55.1 Å². The molecular formula is C23H27FN4. The zero-order chi connectivity index (χ0) is 19.7. The van der Waals surface area contributed by atoms with Crippen LogP contribution < -0.4 is 0 Å². The molecule has 1 unspecified atom stereocenters. The van der Waals surface area contributed by atoms with E-state index in [-0.39, 0.29) is 5.82 Å². The van der Waals surface area contributed by atoms with Crippen molar-refractivity contribution in [3.63, 3.8) is 0 Å². The van der Waals surface area contributed by atoms with Gasteiger partial charge < -0.3 is 0 Å². The monoisotopic (exact) mass is 378 g/mol. The minimum absolute atomic E-state index is 0.180. The van der Waals surface area contributed by atoms with Crippen LogP contribution in [-0.2, 0) is 20.0 Å². The Morgan fingerprint density at radius 3 is 2.75 bits per heavy atom. The molecule has 146 valence electrons. The Labute approximate surface area is 166 Å². The number of pyridine rings is 1. The van der Waals surface area contributed by atoms with Gasteiger partial charge in [0.15, 0.2) is 0 Å². The van der Waals surface area contributed by atoms with Crippen LogP contribution in [0.15, 0.2) is 42.6 Å². The molecule has 1 fully saturated rings. The molecule has 4 rings (SSSR count). The van der Waals surface area contributed by atoms with Crippen LogP contribution in [0.4, 0.5) is 4.39 Å². The zero-order valence-corrected chi connectivity index (χ0v) is 16.8. The fraction of sp³-hybridized carbons (Fsp3) is 0.391. The lowest BCUT2D eigenvalue weighted by Gasteiger charge is -2.16. The van der Waals surface area contributed by atoms with Gasteiger partial charge in [0.25, 0.3) is 0 Å². The molecule has 3 aromatic rings. The molecule has 1 aliphatic heterocycles. The van der Waals surface area contributed by atoms with Gasteiger partial charge in [0, 0.05) is 49.2 Å². The first kappa shape index (κ1) is 18.8. The van der Waals surface area contributed by atoms with Crippen LogP contribution in [0, 0.1) is 19.7 Å². The highest BCUT2D eigenvalue weighted by Crippen LogP contribution is 2.28. The second-order valence-electron chi connectivity index (χ2n) is 7.98. The molecule has 1 saturated heterocycles. The summed E-state index contributed by atoms with van der Waals surface area (Å²) in [6.07, 6.45) is 3.97. The van der Waals surface area contributed by atoms with Crippen molar-refractivity contribution >= 4 is 0 Å². The molecule has 0 bridgehead atoms. The number of halogens is 1. The molecule has 0 saturated carbocycles. The summed E-state index contributed by atoms with van der Waals surface area (Å²) in [5.41, 5.74) is 6.80. The summed E-state index contributed by atoms with van der Waals surface area (Å²) in [6.45, 7) is 7.16. The largest absolute Gasteiger partial charge is 0.298 e. The maximum absolute atomic E-state index is 13.5. The lowest BCUT2D eigenvalue weighted by atomic mass is 9.98. The number of aromatic nitrogens is 3. The third-order valence-electron chi connectivity index (χ3n) is 5.53. The number of hydrogen-bond acceptors (Lipinski definition) is 3. The van der Waals surface area contributed by atoms with E-state index in [4.69, 9.17) is 4.98 Å². The second kappa shape index (κ2) is 7.84. The SMILES string of the molecule is Cc1cc(Cc2cccc(F)c2)cc(C2CCN(Cc3cn(C)nc3C)C2)n1. The summed E-state index contributed by atoms with van der Waals surface area (Å²) in [5.74, 6) is 0.267. The number of rotatable bonds is 5. The number of benzene rings is 1. The Morgan fingerprint density at radius 1 is 1.14 bits per heavy atom. The molecule has 0 radical (unpaired) electrons. The third-order valence-corrected chi connectivity index (χ3v) is 5.53. The molecule has 1 atom stereocenters. The molecule has 0 aliphatic carbocycles. The Balaban J connectivity index is 1.47. The summed E-state index contributed by atoms with van der Waals surface area (Å²) in [5, 5.41) is 4.45. The molecule has 1 aromatic carbocycles. The van der Waals surface area contributed by atoms with Gasteiger partial charge in [0.05, 0.1) is 5.69 Å². The summed E-state index contributed by atoms with van der Waals surface area (Å²) >= 11 is 0. The Bertz CT molecular complexity index is 978. The Morgan fingerprint density at radius 2 is 2.00 bits per heavy atom. The second-order valence-corrected chi connectivity index (χ2v) is 7.98. The molecule has 0 amide bonds. The van der Waals surface area contributed by atoms with Crippen LogP contribution >= 0.6 is 0 Å². The van der Waals surface area contributed by atoms with Crippen molar-refractivity contribution in [2.75, 3.05) is 13.1 Å². The highest BCUT2D eigenvalue weighted by Gasteiger charge is 2.26. The fourth-order valence-electron chi connectivity index (χ4n) is 4.22. The average Bonchev–Trinajstić information content (AvgIpc) is 3.21. The smallest absolute Gasteiger partial charge is 0.123 e. The van der Waals surface area contributed by atoms with Crippen LogP contribution in [0.25, 0.3) is 0 Å². The lowest BCUT2D eigenvalue weighted by molar-refractivity contribution is 0.325. The van der Waals surface area contributed by atoms with Crippen LogP contribution in [-0.4, -0.2) is 32.8 Å². The number of aryl methyl sites for hydroxylation is 3. The van der Waals surface area contributed by atoms with E-state index in [9.17, 15) is 4.39 Å². The van der Waals surface area contributed by atoms with E-state index in [2.05, 4.69) is 35.3 Å². The summed E-state index contributed by atoms with van der Waals surface area (Å²) in [6, 6.07) is 11.2. The van der Waals surface area contributed by atoms with Crippen molar-refractivity contribution in [3.8, 4) is 0 Å². The fourth-order valence-corrected chi connectivity index (χ4v) is 4.22. The number of hydrogen-bond donors (Lipinski definition) is 0. The van der Waals surface area contributed by atoms with Crippen molar-refractivity contribution in [2.45, 2.75) is 39.2 Å². The van der Waals surface area contributed by atoms with Gasteiger partial charge in [0.1, 0.15) is 5.82 Å². The Hall–Kier alpha value is -2.53. The van der Waals surface area contributed by atoms with Crippen LogP contribution in [0.3, 0.4) is 0 Å². The topological polar surface area (TPSA) is 34.0 Å². The zero-order valence-electron chi connectivity index (χ0n) is 16.8. The van der Waals surface area contributed by atoms with Gasteiger partial charge in [-0.25, -0.2) is 4.39 Å². The normalized spacial score (nSPS) is 17.4. The van der Waals surface area contributed by atoms with E-state index >= 15 is 0 Å². The number of nitrogens with zero attached hydrogens (tertiary/aromatic N) is 4. The summed E-state index contributed by atoms with van der Waals surface area (Å²) in [7, 11) is 1.97. The first-order valence-electron chi connectivity index (χ1n) is 9.89. The standard InChI is InChI=1S/C23H27FN4/c1-16-9-19(10-18-5-4-6-22(24)11-18)12-23(25-16)20-7-8-28(14-20)15-21-13-27(3)26-17(21)2/h4-6,9,11-13,20H,7-8,10,14-15H2,1-3H3. The maximum Gasteiger partial charge on any atom is 0.123 e. The minimum atomic E-state index is -0.180. The van der Waals surface area contributed by atoms with Gasteiger partial charge in [-0.1, -0.05) is 12.1 Å². The molecule has 3 heterocycles. The average molecular weight is 378 g/mol. The molecule has 2 aromatic heterocycles. The molecule has 28 heavy (non-hydrogen) atoms. The predicted octanol–water partition coefficient (Wildman–Crippen LogP) is 4.15. The quantitative estimate of drug-likeness (QED) is 0.669. The van der Waals surface area contributed by atoms with Gasteiger partial charge in [-0.3, -0.25) is 14.6 Å². The van der Waals surface area contributed by atoms with E-state index in [1.54, 1.807) is 12.1 Å². The molecular weight excluding hydrogens is 351 g/mol. The minimum Gasteiger partial charge on any atom is -0.298 e. The van der Waals surface area contributed by atoms with E-state index < -0.39 is 0 Å². The molecule has 4 nitrogen and oxygen atoms in total. The van der Waals surface area contributed by atoms with Crippen molar-refractivity contribution in [1.29, 1.82) is 0 Å². The molecule has 0 spiro atoms. The van der Waals surface area contributed by atoms with Crippen molar-refractivity contribution < 1.29 is 4.39 Å². The van der Waals surface area contributed by atoms with E-state index in [1.165, 1.54) is 17.2 Å². The molecule has 5 heteroatoms. The van der Waals surface area contributed by atoms with Crippen molar-refractivity contribution in [1.82, 2.24) is 19.7 Å². The highest BCUT2D eigenvalue weighted by atomic mass is 19.1. The van der Waals surface area contributed by atoms with Crippen LogP contribution in [0.2, 0.25) is 0 Å². The third kappa shape index (κ3) is 4.30. The van der Waals surface area contributed by atoms with Crippen molar-refractivity contribution in [2.24, 2.45) is 7.05 Å². The lowest BCUT2D eigenvalue weighted by Crippen LogP contribution is -2.20. The van der Waals surface area contributed by atoms with E-state index in [0.29, 0.717) is 5.92 Å². The van der Waals surface area contributed by atoms with Gasteiger partial charge in [-0.2, -0.15) is 5.10 Å². The van der Waals surface area contributed by atoms with Gasteiger partial charge in [0.2, 0.25) is 0 Å². The van der Waals surface area contributed by atoms with Gasteiger partial charge >= 0.3 is 0 Å². The first-order chi connectivity index (χ1) is 13.5. The van der Waals surface area contributed by atoms with E-state index in [1.807, 2.05) is 24.7 Å². The Kier molecular flexibility index (Phi) is 5.27. The van der Waals surface area contributed by atoms with Gasteiger partial charge in [-0.15, -0.1) is 0 Å². The molecule has 0 N–H and O–H groups in total. The molecule has 1 aliphatic rings. The van der Waals surface area contributed by atoms with Crippen molar-refractivity contribution in [3.05, 3.63) is 82.2 Å². The first-order valence-corrected chi connectivity index (χ1v) is 9.89. The summed E-state index contributed by atoms with van der Waals surface area (Å²) < 4.78 is 15.4. The number of likely N-dealkylation sites (tertiary alicyclic amines) is 1. The van der Waals surface area contributed by atoms with Gasteiger partial charge in [-0.05, 0) is 68.6 Å². The predicted molar refractivity (Wildman–Crippen MR) is 109 cm³/mol. The summed E-state index contributed by atoms with van der Waals surface area (Å²) in [4.78, 5) is 7.31. The maximum atomic E-state index is 13.5.